The van der Waals surface area contributed by atoms with Gasteiger partial charge >= 0.3 is 0 Å². The van der Waals surface area contributed by atoms with Crippen molar-refractivity contribution in [3.05, 3.63) is 41.1 Å². The lowest BCUT2D eigenvalue weighted by Gasteiger charge is -2.16. The molecule has 1 N–H and O–H groups in total. The Balaban J connectivity index is 2.05. The predicted octanol–water partition coefficient (Wildman–Crippen LogP) is 1.44. The van der Waals surface area contributed by atoms with Crippen molar-refractivity contribution in [1.29, 1.82) is 0 Å². The van der Waals surface area contributed by atoms with Crippen LogP contribution in [-0.2, 0) is 21.9 Å². The van der Waals surface area contributed by atoms with Gasteiger partial charge in [-0.1, -0.05) is 15.9 Å². The summed E-state index contributed by atoms with van der Waals surface area (Å²) in [5.74, 6) is -0.434. The Bertz CT molecular complexity index is 771. The second-order valence-corrected chi connectivity index (χ2v) is 7.63. The highest BCUT2D eigenvalue weighted by Crippen LogP contribution is 2.17. The van der Waals surface area contributed by atoms with Gasteiger partial charge < -0.3 is 5.32 Å². The molecule has 1 amide bonds. The fourth-order valence-corrected chi connectivity index (χ4v) is 3.15. The quantitative estimate of drug-likeness (QED) is 0.842. The average molecular weight is 387 g/mol. The summed E-state index contributed by atoms with van der Waals surface area (Å²) in [6, 6.07) is 6.23. The van der Waals surface area contributed by atoms with Crippen LogP contribution in [0.5, 0.6) is 0 Å². The number of nitrogens with one attached hydrogen (secondary N) is 1. The molecule has 1 heterocycles. The molecule has 0 radical (unpaired) electrons. The number of hydrogen-bond acceptors (Lipinski definition) is 4. The molecule has 1 aromatic heterocycles. The average Bonchev–Trinajstić information content (AvgIpc) is 2.84. The number of halogens is 1. The Morgan fingerprint density at radius 1 is 1.36 bits per heavy atom. The van der Waals surface area contributed by atoms with E-state index in [0.717, 1.165) is 8.78 Å². The smallest absolute Gasteiger partial charge is 0.243 e. The van der Waals surface area contributed by atoms with Gasteiger partial charge in [0.05, 0.1) is 23.3 Å². The lowest BCUT2D eigenvalue weighted by molar-refractivity contribution is -0.116. The van der Waals surface area contributed by atoms with Gasteiger partial charge in [-0.3, -0.25) is 9.48 Å². The number of aryl methyl sites for hydroxylation is 1. The number of sulfonamides is 1. The van der Waals surface area contributed by atoms with Crippen LogP contribution < -0.4 is 5.32 Å². The maximum atomic E-state index is 12.3. The van der Waals surface area contributed by atoms with Crippen molar-refractivity contribution in [1.82, 2.24) is 14.1 Å². The SMILES string of the molecule is CN(CC(=O)Nc1cnn(C)c1)S(=O)(=O)c1ccc(Br)cc1. The third-order valence-corrected chi connectivity index (χ3v) is 5.22. The number of aromatic nitrogens is 2. The predicted molar refractivity (Wildman–Crippen MR) is 85.8 cm³/mol. The van der Waals surface area contributed by atoms with Crippen LogP contribution in [0, 0.1) is 0 Å². The van der Waals surface area contributed by atoms with Gasteiger partial charge in [0.15, 0.2) is 0 Å². The van der Waals surface area contributed by atoms with Crippen LogP contribution in [0.4, 0.5) is 5.69 Å². The van der Waals surface area contributed by atoms with E-state index in [4.69, 9.17) is 0 Å². The summed E-state index contributed by atoms with van der Waals surface area (Å²) < 4.78 is 28.0. The van der Waals surface area contributed by atoms with E-state index in [9.17, 15) is 13.2 Å². The lowest BCUT2D eigenvalue weighted by Crippen LogP contribution is -2.34. The van der Waals surface area contributed by atoms with Crippen LogP contribution in [0.15, 0.2) is 46.0 Å². The van der Waals surface area contributed by atoms with Gasteiger partial charge in [-0.15, -0.1) is 0 Å². The van der Waals surface area contributed by atoms with Gasteiger partial charge in [-0.2, -0.15) is 9.40 Å². The number of hydrogen-bond donors (Lipinski definition) is 1. The summed E-state index contributed by atoms with van der Waals surface area (Å²) >= 11 is 3.25. The largest absolute Gasteiger partial charge is 0.322 e. The van der Waals surface area contributed by atoms with E-state index >= 15 is 0 Å². The first kappa shape index (κ1) is 16.7. The summed E-state index contributed by atoms with van der Waals surface area (Å²) in [7, 11) is -0.624. The van der Waals surface area contributed by atoms with Gasteiger partial charge in [0.1, 0.15) is 0 Å². The highest BCUT2D eigenvalue weighted by Gasteiger charge is 2.22. The molecule has 2 aromatic rings. The van der Waals surface area contributed by atoms with Gasteiger partial charge in [0.2, 0.25) is 15.9 Å². The number of rotatable bonds is 5. The standard InChI is InChI=1S/C13H15BrN4O3S/c1-17-8-11(7-15-17)16-13(19)9-18(2)22(20,21)12-5-3-10(14)4-6-12/h3-8H,9H2,1-2H3,(H,16,19). The van der Waals surface area contributed by atoms with Gasteiger partial charge in [-0.25, -0.2) is 8.42 Å². The first-order valence-corrected chi connectivity index (χ1v) is 8.53. The molecule has 0 atom stereocenters. The number of amides is 1. The summed E-state index contributed by atoms with van der Waals surface area (Å²) in [6.07, 6.45) is 3.11. The molecule has 1 aromatic carbocycles. The number of benzene rings is 1. The number of anilines is 1. The normalized spacial score (nSPS) is 11.6. The molecule has 0 bridgehead atoms. The zero-order chi connectivity index (χ0) is 16.3. The molecule has 0 aliphatic rings. The lowest BCUT2D eigenvalue weighted by atomic mass is 10.4. The molecule has 0 spiro atoms. The van der Waals surface area contributed by atoms with Crippen LogP contribution in [0.3, 0.4) is 0 Å². The molecule has 0 saturated heterocycles. The fourth-order valence-electron chi connectivity index (χ4n) is 1.76. The van der Waals surface area contributed by atoms with Crippen molar-refractivity contribution >= 4 is 37.5 Å². The van der Waals surface area contributed by atoms with Gasteiger partial charge in [-0.05, 0) is 24.3 Å². The third kappa shape index (κ3) is 3.93. The maximum absolute atomic E-state index is 12.3. The van der Waals surface area contributed by atoms with Crippen LogP contribution in [-0.4, -0.2) is 42.0 Å². The molecule has 0 unspecified atom stereocenters. The number of nitrogens with zero attached hydrogens (tertiary/aromatic N) is 3. The molecule has 0 aliphatic carbocycles. The molecule has 0 fully saturated rings. The zero-order valence-electron chi connectivity index (χ0n) is 12.0. The van der Waals surface area contributed by atoms with Crippen molar-refractivity contribution in [3.8, 4) is 0 Å². The Hall–Kier alpha value is -1.71. The highest BCUT2D eigenvalue weighted by molar-refractivity contribution is 9.10. The molecule has 0 aliphatic heterocycles. The van der Waals surface area contributed by atoms with Crippen molar-refractivity contribution in [2.24, 2.45) is 7.05 Å². The second kappa shape index (κ2) is 6.59. The van der Waals surface area contributed by atoms with Crippen molar-refractivity contribution < 1.29 is 13.2 Å². The number of carbonyl (C=O) groups is 1. The summed E-state index contributed by atoms with van der Waals surface area (Å²) in [4.78, 5) is 12.0. The number of likely N-dealkylation sites (N-methyl/N-ethyl adjacent to an activating group) is 1. The molecular formula is C13H15BrN4O3S. The Morgan fingerprint density at radius 2 is 2.00 bits per heavy atom. The second-order valence-electron chi connectivity index (χ2n) is 4.67. The first-order chi connectivity index (χ1) is 10.3. The Kier molecular flexibility index (Phi) is 4.99. The van der Waals surface area contributed by atoms with Crippen molar-refractivity contribution in [2.75, 3.05) is 18.9 Å². The van der Waals surface area contributed by atoms with Gasteiger partial charge in [0.25, 0.3) is 0 Å². The molecule has 2 rings (SSSR count). The zero-order valence-corrected chi connectivity index (χ0v) is 14.4. The van der Waals surface area contributed by atoms with Crippen LogP contribution >= 0.6 is 15.9 Å². The molecule has 7 nitrogen and oxygen atoms in total. The summed E-state index contributed by atoms with van der Waals surface area (Å²) in [5.41, 5.74) is 0.516. The molecule has 9 heteroatoms. The van der Waals surface area contributed by atoms with Crippen molar-refractivity contribution in [2.45, 2.75) is 4.90 Å². The number of carbonyl (C=O) groups excluding carboxylic acids is 1. The van der Waals surface area contributed by atoms with Crippen LogP contribution in [0.2, 0.25) is 0 Å². The molecule has 22 heavy (non-hydrogen) atoms. The summed E-state index contributed by atoms with van der Waals surface area (Å²) in [5, 5.41) is 6.51. The van der Waals surface area contributed by atoms with E-state index in [1.807, 2.05) is 0 Å². The summed E-state index contributed by atoms with van der Waals surface area (Å²) in [6.45, 7) is -0.284. The van der Waals surface area contributed by atoms with E-state index in [2.05, 4.69) is 26.3 Å². The van der Waals surface area contributed by atoms with E-state index in [0.29, 0.717) is 5.69 Å². The monoisotopic (exact) mass is 386 g/mol. The molecule has 0 saturated carbocycles. The molecular weight excluding hydrogens is 372 g/mol. The minimum absolute atomic E-state index is 0.132. The minimum atomic E-state index is -3.71. The van der Waals surface area contributed by atoms with E-state index in [1.165, 1.54) is 30.1 Å². The van der Waals surface area contributed by atoms with E-state index in [1.54, 1.807) is 25.4 Å². The first-order valence-electron chi connectivity index (χ1n) is 6.29. The maximum Gasteiger partial charge on any atom is 0.243 e. The fraction of sp³-hybridized carbons (Fsp3) is 0.231. The van der Waals surface area contributed by atoms with Crippen LogP contribution in [0.25, 0.3) is 0 Å². The minimum Gasteiger partial charge on any atom is -0.322 e. The van der Waals surface area contributed by atoms with Crippen LogP contribution in [0.1, 0.15) is 0 Å². The van der Waals surface area contributed by atoms with E-state index in [-0.39, 0.29) is 11.4 Å². The highest BCUT2D eigenvalue weighted by atomic mass is 79.9. The Labute approximate surface area is 137 Å². The van der Waals surface area contributed by atoms with Gasteiger partial charge in [0, 0.05) is 24.8 Å². The third-order valence-electron chi connectivity index (χ3n) is 2.88. The van der Waals surface area contributed by atoms with Crippen molar-refractivity contribution in [3.63, 3.8) is 0 Å². The molecule has 118 valence electrons. The Morgan fingerprint density at radius 3 is 2.55 bits per heavy atom. The van der Waals surface area contributed by atoms with E-state index < -0.39 is 15.9 Å². The topological polar surface area (TPSA) is 84.3 Å².